The predicted octanol–water partition coefficient (Wildman–Crippen LogP) is 2.52. The molecule has 0 aromatic heterocycles. The van der Waals surface area contributed by atoms with Gasteiger partial charge in [-0.2, -0.15) is 0 Å². The molecule has 0 spiro atoms. The van der Waals surface area contributed by atoms with Gasteiger partial charge in [0.25, 0.3) is 0 Å². The Hall–Kier alpha value is -2.40. The number of halogens is 1. The van der Waals surface area contributed by atoms with Crippen LogP contribution in [-0.2, 0) is 4.79 Å². The van der Waals surface area contributed by atoms with E-state index in [9.17, 15) is 9.18 Å². The first-order valence-electron chi connectivity index (χ1n) is 6.55. The number of rotatable bonds is 5. The highest BCUT2D eigenvalue weighted by Gasteiger charge is 2.20. The molecular weight excluding hydrogens is 271 g/mol. The Labute approximate surface area is 122 Å². The third-order valence-corrected chi connectivity index (χ3v) is 3.19. The van der Waals surface area contributed by atoms with E-state index in [0.717, 1.165) is 5.56 Å². The minimum atomic E-state index is -0.531. The van der Waals surface area contributed by atoms with Crippen molar-refractivity contribution in [1.82, 2.24) is 0 Å². The van der Waals surface area contributed by atoms with Gasteiger partial charge < -0.3 is 15.8 Å². The van der Waals surface area contributed by atoms with Gasteiger partial charge >= 0.3 is 0 Å². The molecule has 0 bridgehead atoms. The molecule has 2 aromatic carbocycles. The van der Waals surface area contributed by atoms with E-state index in [1.165, 1.54) is 25.3 Å². The van der Waals surface area contributed by atoms with Gasteiger partial charge in [-0.05, 0) is 17.7 Å². The molecule has 0 saturated carbocycles. The summed E-state index contributed by atoms with van der Waals surface area (Å²) < 4.78 is 18.8. The van der Waals surface area contributed by atoms with Crippen molar-refractivity contribution in [2.45, 2.75) is 5.92 Å². The Kier molecular flexibility index (Phi) is 4.90. The van der Waals surface area contributed by atoms with E-state index in [2.05, 4.69) is 5.32 Å². The van der Waals surface area contributed by atoms with Crippen LogP contribution in [0.3, 0.4) is 0 Å². The second-order valence-corrected chi connectivity index (χ2v) is 4.53. The summed E-state index contributed by atoms with van der Waals surface area (Å²) in [7, 11) is 1.48. The van der Waals surface area contributed by atoms with Crippen molar-refractivity contribution in [3.05, 3.63) is 59.9 Å². The topological polar surface area (TPSA) is 64.3 Å². The molecule has 2 aromatic rings. The van der Waals surface area contributed by atoms with Gasteiger partial charge in [-0.3, -0.25) is 4.79 Å². The number of hydrogen-bond donors (Lipinski definition) is 2. The van der Waals surface area contributed by atoms with E-state index >= 15 is 0 Å². The van der Waals surface area contributed by atoms with Crippen LogP contribution in [0.1, 0.15) is 11.5 Å². The number of benzene rings is 2. The number of nitrogens with one attached hydrogen (secondary N) is 1. The molecule has 4 nitrogen and oxygen atoms in total. The molecule has 0 heterocycles. The number of carbonyl (C=O) groups is 1. The minimum Gasteiger partial charge on any atom is -0.497 e. The maximum Gasteiger partial charge on any atom is 0.233 e. The molecule has 2 rings (SSSR count). The summed E-state index contributed by atoms with van der Waals surface area (Å²) in [4.78, 5) is 12.3. The molecule has 0 radical (unpaired) electrons. The smallest absolute Gasteiger partial charge is 0.233 e. The highest BCUT2D eigenvalue weighted by molar-refractivity contribution is 5.96. The minimum absolute atomic E-state index is 0.0775. The highest BCUT2D eigenvalue weighted by Crippen LogP contribution is 2.23. The van der Waals surface area contributed by atoms with Crippen LogP contribution in [-0.4, -0.2) is 19.6 Å². The third kappa shape index (κ3) is 3.58. The zero-order chi connectivity index (χ0) is 15.2. The fraction of sp³-hybridized carbons (Fsp3) is 0.188. The molecule has 1 atom stereocenters. The lowest BCUT2D eigenvalue weighted by molar-refractivity contribution is -0.117. The molecule has 0 fully saturated rings. The van der Waals surface area contributed by atoms with Crippen molar-refractivity contribution in [3.63, 3.8) is 0 Å². The summed E-state index contributed by atoms with van der Waals surface area (Å²) in [5.41, 5.74) is 6.54. The van der Waals surface area contributed by atoms with Crippen molar-refractivity contribution in [2.24, 2.45) is 5.73 Å². The molecule has 0 aliphatic carbocycles. The Morgan fingerprint density at radius 3 is 2.62 bits per heavy atom. The standard InChI is InChI=1S/C16H17FN2O2/c1-21-12-7-8-14(17)15(9-12)19-16(20)13(10-18)11-5-3-2-4-6-11/h2-9,13H,10,18H2,1H3,(H,19,20). The van der Waals surface area contributed by atoms with E-state index in [1.54, 1.807) is 0 Å². The number of anilines is 1. The summed E-state index contributed by atoms with van der Waals surface area (Å²) in [5.74, 6) is -0.934. The first kappa shape index (κ1) is 15.0. The Morgan fingerprint density at radius 1 is 1.29 bits per heavy atom. The largest absolute Gasteiger partial charge is 0.497 e. The van der Waals surface area contributed by atoms with Gasteiger partial charge in [0.05, 0.1) is 18.7 Å². The van der Waals surface area contributed by atoms with Crippen LogP contribution in [0.15, 0.2) is 48.5 Å². The van der Waals surface area contributed by atoms with Crippen molar-refractivity contribution in [2.75, 3.05) is 19.0 Å². The summed E-state index contributed by atoms with van der Waals surface area (Å²) in [6, 6.07) is 13.3. The quantitative estimate of drug-likeness (QED) is 0.888. The Bertz CT molecular complexity index is 617. The van der Waals surface area contributed by atoms with E-state index in [0.29, 0.717) is 5.75 Å². The van der Waals surface area contributed by atoms with Gasteiger partial charge in [0.1, 0.15) is 11.6 Å². The number of hydrogen-bond acceptors (Lipinski definition) is 3. The lowest BCUT2D eigenvalue weighted by Gasteiger charge is -2.16. The van der Waals surface area contributed by atoms with Crippen molar-refractivity contribution in [1.29, 1.82) is 0 Å². The lowest BCUT2D eigenvalue weighted by Crippen LogP contribution is -2.27. The van der Waals surface area contributed by atoms with Crippen molar-refractivity contribution in [3.8, 4) is 5.75 Å². The molecular formula is C16H17FN2O2. The molecule has 1 amide bonds. The van der Waals surface area contributed by atoms with Crippen LogP contribution >= 0.6 is 0 Å². The van der Waals surface area contributed by atoms with Gasteiger partial charge in [0.2, 0.25) is 5.91 Å². The van der Waals surface area contributed by atoms with Gasteiger partial charge in [-0.1, -0.05) is 30.3 Å². The predicted molar refractivity (Wildman–Crippen MR) is 79.8 cm³/mol. The van der Waals surface area contributed by atoms with Crippen molar-refractivity contribution < 1.29 is 13.9 Å². The van der Waals surface area contributed by atoms with Crippen LogP contribution in [0, 0.1) is 5.82 Å². The van der Waals surface area contributed by atoms with Gasteiger partial charge in [0.15, 0.2) is 0 Å². The maximum absolute atomic E-state index is 13.7. The van der Waals surface area contributed by atoms with Crippen LogP contribution in [0.5, 0.6) is 5.75 Å². The molecule has 3 N–H and O–H groups in total. The van der Waals surface area contributed by atoms with Gasteiger partial charge in [-0.15, -0.1) is 0 Å². The van der Waals surface area contributed by atoms with E-state index in [1.807, 2.05) is 30.3 Å². The van der Waals surface area contributed by atoms with E-state index in [4.69, 9.17) is 10.5 Å². The van der Waals surface area contributed by atoms with Crippen LogP contribution < -0.4 is 15.8 Å². The van der Waals surface area contributed by atoms with Crippen LogP contribution in [0.25, 0.3) is 0 Å². The number of methoxy groups -OCH3 is 1. The summed E-state index contributed by atoms with van der Waals surface area (Å²) >= 11 is 0. The van der Waals surface area contributed by atoms with Crippen LogP contribution in [0.2, 0.25) is 0 Å². The molecule has 21 heavy (non-hydrogen) atoms. The maximum atomic E-state index is 13.7. The highest BCUT2D eigenvalue weighted by atomic mass is 19.1. The number of nitrogens with two attached hydrogens (primary N) is 1. The molecule has 1 unspecified atom stereocenters. The fourth-order valence-corrected chi connectivity index (χ4v) is 2.03. The molecule has 110 valence electrons. The first-order chi connectivity index (χ1) is 10.2. The molecule has 0 saturated heterocycles. The second kappa shape index (κ2) is 6.85. The van der Waals surface area contributed by atoms with E-state index in [-0.39, 0.29) is 18.1 Å². The first-order valence-corrected chi connectivity index (χ1v) is 6.55. The molecule has 0 aliphatic rings. The summed E-state index contributed by atoms with van der Waals surface area (Å²) in [6.45, 7) is 0.140. The normalized spacial score (nSPS) is 11.8. The van der Waals surface area contributed by atoms with Gasteiger partial charge in [-0.25, -0.2) is 4.39 Å². The van der Waals surface area contributed by atoms with E-state index < -0.39 is 11.7 Å². The Morgan fingerprint density at radius 2 is 2.00 bits per heavy atom. The molecule has 0 aliphatic heterocycles. The Balaban J connectivity index is 2.20. The lowest BCUT2D eigenvalue weighted by atomic mass is 9.98. The summed E-state index contributed by atoms with van der Waals surface area (Å²) in [5, 5.41) is 2.56. The van der Waals surface area contributed by atoms with Gasteiger partial charge in [0, 0.05) is 12.6 Å². The number of carbonyl (C=O) groups excluding carboxylic acids is 1. The zero-order valence-electron chi connectivity index (χ0n) is 11.7. The SMILES string of the molecule is COc1ccc(F)c(NC(=O)C(CN)c2ccccc2)c1. The molecule has 5 heteroatoms. The van der Waals surface area contributed by atoms with Crippen LogP contribution in [0.4, 0.5) is 10.1 Å². The zero-order valence-corrected chi connectivity index (χ0v) is 11.7. The van der Waals surface area contributed by atoms with Crippen molar-refractivity contribution >= 4 is 11.6 Å². The second-order valence-electron chi connectivity index (χ2n) is 4.53. The number of ether oxygens (including phenoxy) is 1. The number of amides is 1. The summed E-state index contributed by atoms with van der Waals surface area (Å²) in [6.07, 6.45) is 0. The fourth-order valence-electron chi connectivity index (χ4n) is 2.03. The third-order valence-electron chi connectivity index (χ3n) is 3.19. The monoisotopic (exact) mass is 288 g/mol. The average Bonchev–Trinajstić information content (AvgIpc) is 2.51. The average molecular weight is 288 g/mol.